The lowest BCUT2D eigenvalue weighted by Gasteiger charge is -1.81. The van der Waals surface area contributed by atoms with Crippen LogP contribution in [0.15, 0.2) is 9.81 Å². The highest BCUT2D eigenvalue weighted by atomic mass is 32.2. The maximum atomic E-state index is 4.00. The summed E-state index contributed by atoms with van der Waals surface area (Å²) in [4.78, 5) is 2.68. The zero-order valence-electron chi connectivity index (χ0n) is 4.26. The van der Waals surface area contributed by atoms with Gasteiger partial charge in [-0.25, -0.2) is 0 Å². The van der Waals surface area contributed by atoms with E-state index in [1.165, 1.54) is 9.81 Å². The Bertz CT molecular complexity index is 96.3. The molecule has 0 atom stereocenters. The minimum Gasteiger partial charge on any atom is -0.0974 e. The second-order valence-corrected chi connectivity index (χ2v) is 3.56. The van der Waals surface area contributed by atoms with Crippen LogP contribution in [0.3, 0.4) is 0 Å². The normalized spacial score (nSPS) is 21.4. The molecule has 3 heteroatoms. The van der Waals surface area contributed by atoms with Gasteiger partial charge in [0, 0.05) is 9.81 Å². The van der Waals surface area contributed by atoms with E-state index in [4.69, 9.17) is 0 Å². The topological polar surface area (TPSA) is 14.1 Å². The Morgan fingerprint density at radius 2 is 1.57 bits per heavy atom. The molecule has 1 radical (unpaired) electrons. The predicted molar refractivity (Wildman–Crippen MR) is 35.7 cm³/mol. The zero-order chi connectivity index (χ0) is 5.28. The highest BCUT2D eigenvalue weighted by Gasteiger charge is 2.07. The van der Waals surface area contributed by atoms with Crippen LogP contribution in [0, 0.1) is 0 Å². The summed E-state index contributed by atoms with van der Waals surface area (Å²) in [6.45, 7) is 4.17. The average Bonchev–Trinajstić information content (AvgIpc) is 1.91. The van der Waals surface area contributed by atoms with E-state index in [1.54, 1.807) is 23.9 Å². The lowest BCUT2D eigenvalue weighted by molar-refractivity contribution is 1.57. The minimum atomic E-state index is 1.34. The van der Waals surface area contributed by atoms with Gasteiger partial charge in [-0.2, -0.15) is 0 Å². The van der Waals surface area contributed by atoms with E-state index in [0.717, 1.165) is 0 Å². The summed E-state index contributed by atoms with van der Waals surface area (Å²) in [6.07, 6.45) is 0. The predicted octanol–water partition coefficient (Wildman–Crippen LogP) is 2.15. The van der Waals surface area contributed by atoms with Gasteiger partial charge in [0.25, 0.3) is 0 Å². The first kappa shape index (κ1) is 5.54. The van der Waals surface area contributed by atoms with E-state index in [2.05, 4.69) is 18.0 Å². The monoisotopic (exact) mass is 132 g/mol. The van der Waals surface area contributed by atoms with Crippen LogP contribution < -0.4 is 4.13 Å². The fourth-order valence-corrected chi connectivity index (χ4v) is 1.78. The first-order valence-corrected chi connectivity index (χ1v) is 3.57. The summed E-state index contributed by atoms with van der Waals surface area (Å²) in [5.74, 6) is 0. The van der Waals surface area contributed by atoms with Crippen molar-refractivity contribution in [2.45, 2.75) is 13.8 Å². The van der Waals surface area contributed by atoms with Crippen LogP contribution in [0.5, 0.6) is 0 Å². The van der Waals surface area contributed by atoms with E-state index in [-0.39, 0.29) is 0 Å². The van der Waals surface area contributed by atoms with Crippen molar-refractivity contribution in [2.75, 3.05) is 0 Å². The Morgan fingerprint density at radius 3 is 1.71 bits per heavy atom. The molecule has 0 saturated carbocycles. The summed E-state index contributed by atoms with van der Waals surface area (Å²) in [7, 11) is 0. The van der Waals surface area contributed by atoms with Crippen molar-refractivity contribution in [3.63, 3.8) is 0 Å². The molecule has 1 heterocycles. The zero-order valence-corrected chi connectivity index (χ0v) is 5.90. The van der Waals surface area contributed by atoms with Gasteiger partial charge in [0.2, 0.25) is 0 Å². The summed E-state index contributed by atoms with van der Waals surface area (Å²) >= 11 is 3.15. The minimum absolute atomic E-state index is 1.34. The van der Waals surface area contributed by atoms with Gasteiger partial charge in [-0.05, 0) is 37.7 Å². The highest BCUT2D eigenvalue weighted by Crippen LogP contribution is 2.34. The van der Waals surface area contributed by atoms with Crippen molar-refractivity contribution in [1.29, 1.82) is 0 Å². The van der Waals surface area contributed by atoms with Crippen molar-refractivity contribution in [2.24, 2.45) is 0 Å². The molecular weight excluding hydrogens is 126 g/mol. The van der Waals surface area contributed by atoms with E-state index < -0.39 is 0 Å². The van der Waals surface area contributed by atoms with Gasteiger partial charge in [-0.15, -0.1) is 0 Å². The van der Waals surface area contributed by atoms with Crippen LogP contribution >= 0.6 is 23.9 Å². The van der Waals surface area contributed by atoms with E-state index in [1.807, 2.05) is 0 Å². The first-order chi connectivity index (χ1) is 3.30. The fraction of sp³-hybridized carbons (Fsp3) is 0.500. The van der Waals surface area contributed by atoms with E-state index in [9.17, 15) is 0 Å². The summed E-state index contributed by atoms with van der Waals surface area (Å²) < 4.78 is 4.00. The third-order valence-corrected chi connectivity index (χ3v) is 2.73. The van der Waals surface area contributed by atoms with E-state index >= 15 is 0 Å². The molecule has 0 N–H and O–H groups in total. The third kappa shape index (κ3) is 1.15. The Balaban J connectivity index is 2.64. The largest absolute Gasteiger partial charge is 0.0974 e. The average molecular weight is 132 g/mol. The molecule has 0 aliphatic carbocycles. The van der Waals surface area contributed by atoms with Crippen molar-refractivity contribution in [3.8, 4) is 0 Å². The molecular formula is C4H6NS2. The highest BCUT2D eigenvalue weighted by molar-refractivity contribution is 8.19. The number of hydrogen-bond donors (Lipinski definition) is 0. The second-order valence-electron chi connectivity index (χ2n) is 1.37. The molecule has 0 aromatic rings. The number of allylic oxidation sites excluding steroid dienone is 2. The fourth-order valence-electron chi connectivity index (χ4n) is 0.259. The molecule has 0 spiro atoms. The van der Waals surface area contributed by atoms with Crippen LogP contribution in [-0.2, 0) is 0 Å². The quantitative estimate of drug-likeness (QED) is 0.469. The van der Waals surface area contributed by atoms with Gasteiger partial charge >= 0.3 is 0 Å². The van der Waals surface area contributed by atoms with E-state index in [0.29, 0.717) is 0 Å². The third-order valence-electron chi connectivity index (χ3n) is 0.844. The second kappa shape index (κ2) is 2.11. The van der Waals surface area contributed by atoms with Crippen LogP contribution in [-0.4, -0.2) is 0 Å². The molecule has 39 valence electrons. The Labute approximate surface area is 52.2 Å². The Kier molecular flexibility index (Phi) is 1.67. The molecule has 0 amide bonds. The molecule has 0 unspecified atom stereocenters. The van der Waals surface area contributed by atoms with Crippen LogP contribution in [0.2, 0.25) is 0 Å². The molecule has 1 nitrogen and oxygen atoms in total. The molecule has 0 fully saturated rings. The van der Waals surface area contributed by atoms with Gasteiger partial charge in [0.05, 0.1) is 0 Å². The lowest BCUT2D eigenvalue weighted by atomic mass is 10.6. The molecule has 0 saturated heterocycles. The number of rotatable bonds is 0. The van der Waals surface area contributed by atoms with Crippen molar-refractivity contribution in [3.05, 3.63) is 9.81 Å². The molecule has 0 bridgehead atoms. The summed E-state index contributed by atoms with van der Waals surface area (Å²) in [5, 5.41) is 0. The van der Waals surface area contributed by atoms with Gasteiger partial charge in [0.1, 0.15) is 0 Å². The summed E-state index contributed by atoms with van der Waals surface area (Å²) in [6, 6.07) is 0. The van der Waals surface area contributed by atoms with Crippen LogP contribution in [0.1, 0.15) is 13.8 Å². The first-order valence-electron chi connectivity index (χ1n) is 2.02. The Hall–Kier alpha value is 0.400. The van der Waals surface area contributed by atoms with Gasteiger partial charge in [0.15, 0.2) is 0 Å². The smallest absolute Gasteiger partial charge is 0.0104 e. The van der Waals surface area contributed by atoms with Gasteiger partial charge in [-0.1, -0.05) is 4.13 Å². The van der Waals surface area contributed by atoms with Crippen LogP contribution in [0.25, 0.3) is 0 Å². The molecule has 0 aromatic heterocycles. The molecule has 1 aliphatic heterocycles. The number of nitrogens with zero attached hydrogens (tertiary/aromatic N) is 1. The van der Waals surface area contributed by atoms with Crippen molar-refractivity contribution < 1.29 is 0 Å². The SMILES string of the molecule is CC1=C(C)S[N]S1. The standard InChI is InChI=1S/C4H6NS2/c1-3-4(2)7-5-6-3/h1-2H3. The lowest BCUT2D eigenvalue weighted by Crippen LogP contribution is -1.62. The van der Waals surface area contributed by atoms with Crippen molar-refractivity contribution in [1.82, 2.24) is 4.13 Å². The number of hydrogen-bond acceptors (Lipinski definition) is 2. The molecule has 0 aromatic carbocycles. The molecule has 1 rings (SSSR count). The summed E-state index contributed by atoms with van der Waals surface area (Å²) in [5.41, 5.74) is 0. The molecule has 1 aliphatic rings. The maximum Gasteiger partial charge on any atom is 0.0104 e. The van der Waals surface area contributed by atoms with Gasteiger partial charge in [-0.3, -0.25) is 0 Å². The van der Waals surface area contributed by atoms with Gasteiger partial charge < -0.3 is 0 Å². The van der Waals surface area contributed by atoms with Crippen molar-refractivity contribution >= 4 is 23.9 Å². The molecule has 7 heavy (non-hydrogen) atoms. The van der Waals surface area contributed by atoms with Crippen LogP contribution in [0.4, 0.5) is 0 Å². The Morgan fingerprint density at radius 1 is 1.14 bits per heavy atom. The maximum absolute atomic E-state index is 4.00.